The molecule has 9 nitrogen and oxygen atoms in total. The zero-order chi connectivity index (χ0) is 26.9. The molecule has 2 aliphatic heterocycles. The summed E-state index contributed by atoms with van der Waals surface area (Å²) in [5, 5.41) is 13.1. The summed E-state index contributed by atoms with van der Waals surface area (Å²) >= 11 is 0. The lowest BCUT2D eigenvalue weighted by atomic mass is 9.79. The topological polar surface area (TPSA) is 86.9 Å². The number of tetrazole rings is 1. The summed E-state index contributed by atoms with van der Waals surface area (Å²) in [4.78, 5) is 9.27. The molecule has 0 N–H and O–H groups in total. The Bertz CT molecular complexity index is 1500. The van der Waals surface area contributed by atoms with Crippen LogP contribution in [0.1, 0.15) is 34.6 Å². The summed E-state index contributed by atoms with van der Waals surface area (Å²) in [6.45, 7) is 2.55. The van der Waals surface area contributed by atoms with Crippen molar-refractivity contribution in [1.29, 1.82) is 0 Å². The molecule has 208 valence electrons. The van der Waals surface area contributed by atoms with Crippen LogP contribution in [0, 0.1) is 0 Å². The third-order valence-corrected chi connectivity index (χ3v) is 7.64. The van der Waals surface area contributed by atoms with Gasteiger partial charge in [-0.2, -0.15) is 4.80 Å². The van der Waals surface area contributed by atoms with Crippen LogP contribution in [-0.4, -0.2) is 78.3 Å². The number of hydrogen-bond donors (Lipinski definition) is 0. The first kappa shape index (κ1) is 27.6. The van der Waals surface area contributed by atoms with Crippen LogP contribution in [0.25, 0.3) is 11.4 Å². The minimum atomic E-state index is 0. The zero-order valence-corrected chi connectivity index (χ0v) is 23.9. The van der Waals surface area contributed by atoms with Crippen LogP contribution >= 0.6 is 12.4 Å². The Hall–Kier alpha value is -3.95. The summed E-state index contributed by atoms with van der Waals surface area (Å²) in [6.07, 6.45) is 1.03. The van der Waals surface area contributed by atoms with Gasteiger partial charge in [0.2, 0.25) is 5.82 Å². The molecule has 1 aromatic heterocycles. The second-order valence-corrected chi connectivity index (χ2v) is 10.1. The molecule has 0 radical (unpaired) electrons. The molecule has 0 spiro atoms. The number of rotatable bonds is 7. The number of likely N-dealkylation sites (N-methyl/N-ethyl adjacent to an activating group) is 1. The molecule has 3 aromatic carbocycles. The molecule has 1 saturated heterocycles. The molecule has 2 aliphatic rings. The lowest BCUT2D eigenvalue weighted by Crippen LogP contribution is -2.41. The van der Waals surface area contributed by atoms with E-state index in [1.165, 1.54) is 5.56 Å². The van der Waals surface area contributed by atoms with Gasteiger partial charge in [-0.1, -0.05) is 36.4 Å². The van der Waals surface area contributed by atoms with Crippen LogP contribution in [-0.2, 0) is 6.54 Å². The number of likely N-dealkylation sites (tertiary alicyclic amines) is 1. The fraction of sp³-hybridized carbons (Fsp3) is 0.333. The molecule has 2 atom stereocenters. The maximum atomic E-state index is 5.66. The molecule has 0 amide bonds. The smallest absolute Gasteiger partial charge is 0.204 e. The molecular weight excluding hydrogens is 528 g/mol. The largest absolute Gasteiger partial charge is 0.497 e. The highest BCUT2D eigenvalue weighted by molar-refractivity contribution is 6.15. The van der Waals surface area contributed by atoms with Crippen LogP contribution in [0.5, 0.6) is 17.2 Å². The fourth-order valence-corrected chi connectivity index (χ4v) is 5.53. The average Bonchev–Trinajstić information content (AvgIpc) is 3.45. The first-order valence-electron chi connectivity index (χ1n) is 13.1. The van der Waals surface area contributed by atoms with E-state index in [1.807, 2.05) is 36.4 Å². The molecule has 0 aliphatic carbocycles. The Labute approximate surface area is 240 Å². The minimum Gasteiger partial charge on any atom is -0.497 e. The third kappa shape index (κ3) is 5.26. The standard InChI is InChI=1S/C30H32N6O3.ClH/c1-35-14-13-26-25(18-35)23-15-27(38-3)28(39-4)16-24(23)29(31-26)20-7-9-21(10-8-20)30-32-34-36(33-30)17-19-5-11-22(37-2)12-6-19;/h5-12,15-16,25-26H,13-14,17-18H2,1-4H3;1H. The minimum absolute atomic E-state index is 0. The van der Waals surface area contributed by atoms with Crippen molar-refractivity contribution in [1.82, 2.24) is 25.1 Å². The second-order valence-electron chi connectivity index (χ2n) is 10.1. The van der Waals surface area contributed by atoms with Crippen molar-refractivity contribution < 1.29 is 14.2 Å². The molecule has 2 unspecified atom stereocenters. The Morgan fingerprint density at radius 3 is 2.27 bits per heavy atom. The second kappa shape index (κ2) is 11.7. The number of hydrogen-bond acceptors (Lipinski definition) is 8. The van der Waals surface area contributed by atoms with Crippen molar-refractivity contribution in [2.24, 2.45) is 4.99 Å². The third-order valence-electron chi connectivity index (χ3n) is 7.64. The highest BCUT2D eigenvalue weighted by Gasteiger charge is 2.36. The van der Waals surface area contributed by atoms with Crippen molar-refractivity contribution >= 4 is 18.1 Å². The van der Waals surface area contributed by atoms with Gasteiger partial charge < -0.3 is 19.1 Å². The summed E-state index contributed by atoms with van der Waals surface area (Å²) in [7, 11) is 7.19. The van der Waals surface area contributed by atoms with Gasteiger partial charge in [-0.25, -0.2) is 0 Å². The predicted molar refractivity (Wildman–Crippen MR) is 156 cm³/mol. The van der Waals surface area contributed by atoms with Crippen LogP contribution in [0.15, 0.2) is 65.7 Å². The van der Waals surface area contributed by atoms with Crippen molar-refractivity contribution in [3.8, 4) is 28.6 Å². The molecule has 0 bridgehead atoms. The van der Waals surface area contributed by atoms with Crippen molar-refractivity contribution in [2.45, 2.75) is 24.9 Å². The first-order valence-corrected chi connectivity index (χ1v) is 13.1. The maximum absolute atomic E-state index is 5.66. The highest BCUT2D eigenvalue weighted by atomic mass is 35.5. The van der Waals surface area contributed by atoms with E-state index in [0.29, 0.717) is 24.0 Å². The van der Waals surface area contributed by atoms with Gasteiger partial charge in [-0.15, -0.1) is 22.6 Å². The molecule has 0 saturated carbocycles. The molecule has 4 aromatic rings. The molecule has 3 heterocycles. The van der Waals surface area contributed by atoms with Gasteiger partial charge in [0.1, 0.15) is 5.75 Å². The Morgan fingerprint density at radius 2 is 1.57 bits per heavy atom. The molecule has 6 rings (SSSR count). The van der Waals surface area contributed by atoms with Gasteiger partial charge in [-0.05, 0) is 60.6 Å². The predicted octanol–water partition coefficient (Wildman–Crippen LogP) is 4.47. The summed E-state index contributed by atoms with van der Waals surface area (Å²) in [5.41, 5.74) is 6.38. The Morgan fingerprint density at radius 1 is 0.875 bits per heavy atom. The van der Waals surface area contributed by atoms with E-state index in [-0.39, 0.29) is 18.4 Å². The lowest BCUT2D eigenvalue weighted by molar-refractivity contribution is 0.227. The van der Waals surface area contributed by atoms with E-state index >= 15 is 0 Å². The van der Waals surface area contributed by atoms with Crippen LogP contribution in [0.3, 0.4) is 0 Å². The number of fused-ring (bicyclic) bond motifs is 3. The van der Waals surface area contributed by atoms with E-state index < -0.39 is 0 Å². The van der Waals surface area contributed by atoms with Gasteiger partial charge in [0.05, 0.1) is 39.6 Å². The summed E-state index contributed by atoms with van der Waals surface area (Å²) in [5.74, 6) is 3.19. The molecule has 10 heteroatoms. The number of benzene rings is 3. The Balaban J connectivity index is 0.00000323. The summed E-state index contributed by atoms with van der Waals surface area (Å²) < 4.78 is 16.5. The monoisotopic (exact) mass is 560 g/mol. The molecule has 40 heavy (non-hydrogen) atoms. The SMILES string of the molecule is COc1ccc(Cn2nnc(-c3ccc(C4=NC5CCN(C)CC5c5cc(OC)c(OC)cc54)cc3)n2)cc1.Cl. The van der Waals surface area contributed by atoms with E-state index in [4.69, 9.17) is 19.2 Å². The molecular formula is C30H33ClN6O3. The van der Waals surface area contributed by atoms with E-state index in [9.17, 15) is 0 Å². The van der Waals surface area contributed by atoms with Crippen molar-refractivity contribution in [3.63, 3.8) is 0 Å². The summed E-state index contributed by atoms with van der Waals surface area (Å²) in [6, 6.07) is 20.6. The number of halogens is 1. The van der Waals surface area contributed by atoms with E-state index in [0.717, 1.165) is 59.0 Å². The normalized spacial score (nSPS) is 18.1. The first-order chi connectivity index (χ1) is 19.1. The average molecular weight is 561 g/mol. The lowest BCUT2D eigenvalue weighted by Gasteiger charge is -2.39. The van der Waals surface area contributed by atoms with Gasteiger partial charge in [0, 0.05) is 29.2 Å². The van der Waals surface area contributed by atoms with Crippen molar-refractivity contribution in [2.75, 3.05) is 41.5 Å². The Kier molecular flexibility index (Phi) is 8.04. The maximum Gasteiger partial charge on any atom is 0.204 e. The number of ether oxygens (including phenoxy) is 3. The van der Waals surface area contributed by atoms with Crippen LogP contribution in [0.4, 0.5) is 0 Å². The quantitative estimate of drug-likeness (QED) is 0.329. The number of methoxy groups -OCH3 is 3. The van der Waals surface area contributed by atoms with E-state index in [1.54, 1.807) is 26.1 Å². The fourth-order valence-electron chi connectivity index (χ4n) is 5.53. The van der Waals surface area contributed by atoms with Crippen LogP contribution in [0.2, 0.25) is 0 Å². The number of piperidine rings is 1. The van der Waals surface area contributed by atoms with Gasteiger partial charge in [0.25, 0.3) is 0 Å². The van der Waals surface area contributed by atoms with E-state index in [2.05, 4.69) is 51.6 Å². The van der Waals surface area contributed by atoms with Crippen LogP contribution < -0.4 is 14.2 Å². The highest BCUT2D eigenvalue weighted by Crippen LogP contribution is 2.42. The van der Waals surface area contributed by atoms with Gasteiger partial charge in [0.15, 0.2) is 11.5 Å². The number of nitrogens with zero attached hydrogens (tertiary/aromatic N) is 6. The number of aliphatic imine (C=N–C) groups is 1. The van der Waals surface area contributed by atoms with Gasteiger partial charge >= 0.3 is 0 Å². The molecule has 1 fully saturated rings. The van der Waals surface area contributed by atoms with Gasteiger partial charge in [-0.3, -0.25) is 4.99 Å². The number of aromatic nitrogens is 4. The van der Waals surface area contributed by atoms with Crippen molar-refractivity contribution in [3.05, 3.63) is 82.9 Å². The zero-order valence-electron chi connectivity index (χ0n) is 23.1.